The van der Waals surface area contributed by atoms with Gasteiger partial charge in [-0.25, -0.2) is 0 Å². The Balaban J connectivity index is 1.74. The molecule has 0 bridgehead atoms. The third-order valence-corrected chi connectivity index (χ3v) is 3.76. The van der Waals surface area contributed by atoms with E-state index < -0.39 is 0 Å². The van der Waals surface area contributed by atoms with Crippen LogP contribution in [0, 0.1) is 0 Å². The Labute approximate surface area is 125 Å². The van der Waals surface area contributed by atoms with E-state index in [0.717, 1.165) is 39.4 Å². The molecule has 1 N–H and O–H groups in total. The van der Waals surface area contributed by atoms with E-state index in [1.807, 2.05) is 6.92 Å². The number of carbonyl (C=O) groups is 1. The van der Waals surface area contributed by atoms with Gasteiger partial charge in [0.05, 0.1) is 19.3 Å². The van der Waals surface area contributed by atoms with Crippen molar-refractivity contribution in [3.8, 4) is 0 Å². The second-order valence-electron chi connectivity index (χ2n) is 5.00. The molecule has 0 amide bonds. The van der Waals surface area contributed by atoms with Gasteiger partial charge in [-0.05, 0) is 31.2 Å². The van der Waals surface area contributed by atoms with Crippen LogP contribution in [0.3, 0.4) is 0 Å². The Morgan fingerprint density at radius 2 is 2.00 bits per heavy atom. The molecule has 1 atom stereocenters. The summed E-state index contributed by atoms with van der Waals surface area (Å²) in [5, 5.41) is 3.93. The van der Waals surface area contributed by atoms with E-state index in [1.165, 1.54) is 0 Å². The van der Waals surface area contributed by atoms with Gasteiger partial charge in [0.2, 0.25) is 0 Å². The van der Waals surface area contributed by atoms with E-state index in [-0.39, 0.29) is 11.8 Å². The number of carbonyl (C=O) groups excluding carboxylic acids is 1. The number of rotatable bonds is 6. The zero-order valence-electron chi connectivity index (χ0n) is 11.8. The molecule has 1 heterocycles. The third kappa shape index (κ3) is 4.56. The van der Waals surface area contributed by atoms with Gasteiger partial charge in [0.1, 0.15) is 0 Å². The van der Waals surface area contributed by atoms with E-state index in [4.69, 9.17) is 16.3 Å². The van der Waals surface area contributed by atoms with Gasteiger partial charge >= 0.3 is 0 Å². The number of nitrogens with zero attached hydrogens (tertiary/aromatic N) is 1. The standard InChI is InChI=1S/C15H21ClN2O2/c1-12(15(19)13-2-4-14(16)5-3-13)17-6-7-18-8-10-20-11-9-18/h2-5,12,17H,6-11H2,1H3. The number of Topliss-reactive ketones (excluding diaryl/α,β-unsaturated/α-hetero) is 1. The van der Waals surface area contributed by atoms with Crippen molar-refractivity contribution in [3.05, 3.63) is 34.9 Å². The van der Waals surface area contributed by atoms with Gasteiger partial charge in [-0.1, -0.05) is 11.6 Å². The Hall–Kier alpha value is -0.940. The summed E-state index contributed by atoms with van der Waals surface area (Å²) in [6, 6.07) is 6.84. The fraction of sp³-hybridized carbons (Fsp3) is 0.533. The van der Waals surface area contributed by atoms with Gasteiger partial charge in [0, 0.05) is 36.8 Å². The first-order chi connectivity index (χ1) is 9.66. The van der Waals surface area contributed by atoms with Crippen LogP contribution in [0.4, 0.5) is 0 Å². The molecular formula is C15H21ClN2O2. The van der Waals surface area contributed by atoms with Crippen molar-refractivity contribution >= 4 is 17.4 Å². The summed E-state index contributed by atoms with van der Waals surface area (Å²) in [6.45, 7) is 7.21. The van der Waals surface area contributed by atoms with Crippen molar-refractivity contribution in [3.63, 3.8) is 0 Å². The lowest BCUT2D eigenvalue weighted by Gasteiger charge is -2.27. The predicted octanol–water partition coefficient (Wildman–Crippen LogP) is 1.83. The fourth-order valence-electron chi connectivity index (χ4n) is 2.22. The molecule has 0 radical (unpaired) electrons. The summed E-state index contributed by atoms with van der Waals surface area (Å²) < 4.78 is 5.31. The van der Waals surface area contributed by atoms with E-state index >= 15 is 0 Å². The Morgan fingerprint density at radius 1 is 1.35 bits per heavy atom. The quantitative estimate of drug-likeness (QED) is 0.813. The summed E-state index contributed by atoms with van der Waals surface area (Å²) >= 11 is 5.82. The van der Waals surface area contributed by atoms with E-state index in [2.05, 4.69) is 10.2 Å². The smallest absolute Gasteiger partial charge is 0.179 e. The zero-order valence-corrected chi connectivity index (χ0v) is 12.5. The first-order valence-corrected chi connectivity index (χ1v) is 7.38. The van der Waals surface area contributed by atoms with Crippen molar-refractivity contribution in [2.45, 2.75) is 13.0 Å². The molecule has 0 saturated carbocycles. The first-order valence-electron chi connectivity index (χ1n) is 7.00. The van der Waals surface area contributed by atoms with Gasteiger partial charge in [-0.3, -0.25) is 9.69 Å². The van der Waals surface area contributed by atoms with Crippen LogP contribution in [0.5, 0.6) is 0 Å². The molecule has 1 fully saturated rings. The largest absolute Gasteiger partial charge is 0.379 e. The first kappa shape index (κ1) is 15.4. The molecule has 1 saturated heterocycles. The summed E-state index contributed by atoms with van der Waals surface area (Å²) in [5.74, 6) is 0.101. The van der Waals surface area contributed by atoms with Gasteiger partial charge in [0.15, 0.2) is 5.78 Å². The molecule has 1 aliphatic heterocycles. The van der Waals surface area contributed by atoms with Crippen molar-refractivity contribution in [1.29, 1.82) is 0 Å². The van der Waals surface area contributed by atoms with E-state index in [1.54, 1.807) is 24.3 Å². The van der Waals surface area contributed by atoms with Crippen LogP contribution in [-0.2, 0) is 4.74 Å². The lowest BCUT2D eigenvalue weighted by molar-refractivity contribution is 0.0381. The Kier molecular flexibility index (Phi) is 5.98. The number of halogens is 1. The van der Waals surface area contributed by atoms with Crippen molar-refractivity contribution in [2.24, 2.45) is 0 Å². The molecule has 1 aliphatic rings. The van der Waals surface area contributed by atoms with Crippen LogP contribution in [0.15, 0.2) is 24.3 Å². The third-order valence-electron chi connectivity index (χ3n) is 3.50. The highest BCUT2D eigenvalue weighted by molar-refractivity contribution is 6.30. The SMILES string of the molecule is CC(NCCN1CCOCC1)C(=O)c1ccc(Cl)cc1. The molecule has 1 aromatic rings. The minimum atomic E-state index is -0.183. The summed E-state index contributed by atoms with van der Waals surface area (Å²) in [4.78, 5) is 14.5. The number of nitrogens with one attached hydrogen (secondary N) is 1. The minimum Gasteiger partial charge on any atom is -0.379 e. The molecule has 110 valence electrons. The minimum absolute atomic E-state index is 0.101. The lowest BCUT2D eigenvalue weighted by Crippen LogP contribution is -2.43. The lowest BCUT2D eigenvalue weighted by atomic mass is 10.1. The van der Waals surface area contributed by atoms with Crippen molar-refractivity contribution in [2.75, 3.05) is 39.4 Å². The molecule has 20 heavy (non-hydrogen) atoms. The van der Waals surface area contributed by atoms with Crippen LogP contribution in [0.25, 0.3) is 0 Å². The molecule has 2 rings (SSSR count). The Morgan fingerprint density at radius 3 is 2.65 bits per heavy atom. The van der Waals surface area contributed by atoms with Crippen LogP contribution in [0.1, 0.15) is 17.3 Å². The topological polar surface area (TPSA) is 41.6 Å². The van der Waals surface area contributed by atoms with E-state index in [9.17, 15) is 4.79 Å². The Bertz CT molecular complexity index is 430. The average molecular weight is 297 g/mol. The van der Waals surface area contributed by atoms with Crippen LogP contribution >= 0.6 is 11.6 Å². The van der Waals surface area contributed by atoms with Gasteiger partial charge in [-0.15, -0.1) is 0 Å². The van der Waals surface area contributed by atoms with Crippen LogP contribution in [0.2, 0.25) is 5.02 Å². The number of benzene rings is 1. The maximum Gasteiger partial charge on any atom is 0.179 e. The highest BCUT2D eigenvalue weighted by Crippen LogP contribution is 2.11. The number of morpholine rings is 1. The average Bonchev–Trinajstić information content (AvgIpc) is 2.48. The predicted molar refractivity (Wildman–Crippen MR) is 80.5 cm³/mol. The summed E-state index contributed by atoms with van der Waals surface area (Å²) in [7, 11) is 0. The number of hydrogen-bond acceptors (Lipinski definition) is 4. The highest BCUT2D eigenvalue weighted by atomic mass is 35.5. The molecule has 0 aliphatic carbocycles. The second kappa shape index (κ2) is 7.74. The zero-order chi connectivity index (χ0) is 14.4. The monoisotopic (exact) mass is 296 g/mol. The number of hydrogen-bond donors (Lipinski definition) is 1. The molecule has 1 unspecified atom stereocenters. The van der Waals surface area contributed by atoms with Crippen LogP contribution in [-0.4, -0.2) is 56.1 Å². The highest BCUT2D eigenvalue weighted by Gasteiger charge is 2.15. The normalized spacial score (nSPS) is 17.9. The second-order valence-corrected chi connectivity index (χ2v) is 5.44. The molecular weight excluding hydrogens is 276 g/mol. The van der Waals surface area contributed by atoms with Crippen molar-refractivity contribution < 1.29 is 9.53 Å². The summed E-state index contributed by atoms with van der Waals surface area (Å²) in [5.41, 5.74) is 0.695. The van der Waals surface area contributed by atoms with Crippen molar-refractivity contribution in [1.82, 2.24) is 10.2 Å². The molecule has 0 aromatic heterocycles. The maximum atomic E-state index is 12.2. The number of ketones is 1. The van der Waals surface area contributed by atoms with Gasteiger partial charge in [0.25, 0.3) is 0 Å². The molecule has 0 spiro atoms. The maximum absolute atomic E-state index is 12.2. The van der Waals surface area contributed by atoms with Gasteiger partial charge < -0.3 is 10.1 Å². The van der Waals surface area contributed by atoms with E-state index in [0.29, 0.717) is 10.6 Å². The molecule has 1 aromatic carbocycles. The van der Waals surface area contributed by atoms with Gasteiger partial charge in [-0.2, -0.15) is 0 Å². The summed E-state index contributed by atoms with van der Waals surface area (Å²) in [6.07, 6.45) is 0. The van der Waals surface area contributed by atoms with Crippen LogP contribution < -0.4 is 5.32 Å². The molecule has 4 nitrogen and oxygen atoms in total. The molecule has 5 heteroatoms. The fourth-order valence-corrected chi connectivity index (χ4v) is 2.35. The number of ether oxygens (including phenoxy) is 1.